The minimum atomic E-state index is 0. The van der Waals surface area contributed by atoms with Crippen LogP contribution < -0.4 is 24.8 Å². The second kappa shape index (κ2) is 11.7. The number of fused-ring (bicyclic) bond motifs is 2. The van der Waals surface area contributed by atoms with Crippen molar-refractivity contribution in [2.75, 3.05) is 0 Å². The number of rotatable bonds is 0. The zero-order valence-electron chi connectivity index (χ0n) is 11.4. The molecule has 1 aromatic carbocycles. The number of benzene rings is 1. The van der Waals surface area contributed by atoms with Crippen molar-refractivity contribution >= 4 is 37.9 Å². The van der Waals surface area contributed by atoms with E-state index in [4.69, 9.17) is 11.6 Å². The molecule has 0 fully saturated rings. The van der Waals surface area contributed by atoms with Crippen molar-refractivity contribution in [3.8, 4) is 11.1 Å². The Labute approximate surface area is 170 Å². The quantitative estimate of drug-likeness (QED) is 0.420. The molecule has 0 atom stereocenters. The molecule has 4 rings (SSSR count). The second-order valence-electron chi connectivity index (χ2n) is 4.12. The molecule has 2 aliphatic carbocycles. The van der Waals surface area contributed by atoms with E-state index < -0.39 is 0 Å². The maximum atomic E-state index is 5.83. The van der Waals surface area contributed by atoms with Gasteiger partial charge in [0.1, 0.15) is 0 Å². The van der Waals surface area contributed by atoms with Crippen molar-refractivity contribution in [3.63, 3.8) is 0 Å². The number of thiophene rings is 1. The summed E-state index contributed by atoms with van der Waals surface area (Å²) < 4.78 is 0.898. The predicted molar refractivity (Wildman–Crippen MR) is 87.2 cm³/mol. The Hall–Kier alpha value is 0.243. The Kier molecular flexibility index (Phi) is 11.9. The van der Waals surface area contributed by atoms with Gasteiger partial charge in [-0.25, -0.2) is 11.3 Å². The first kappa shape index (κ1) is 22.2. The molecular formula is C16H11Cl3S2Zr-2. The molecule has 0 nitrogen and oxygen atoms in total. The van der Waals surface area contributed by atoms with E-state index >= 15 is 0 Å². The van der Waals surface area contributed by atoms with Gasteiger partial charge in [0.2, 0.25) is 0 Å². The van der Waals surface area contributed by atoms with Crippen LogP contribution in [0.25, 0.3) is 17.2 Å². The molecule has 0 radical (unpaired) electrons. The van der Waals surface area contributed by atoms with Crippen LogP contribution >= 0.6 is 31.8 Å². The van der Waals surface area contributed by atoms with Gasteiger partial charge in [-0.2, -0.15) is 0 Å². The summed E-state index contributed by atoms with van der Waals surface area (Å²) in [6, 6.07) is 15.4. The fourth-order valence-electron chi connectivity index (χ4n) is 2.02. The van der Waals surface area contributed by atoms with Gasteiger partial charge in [0, 0.05) is 0 Å². The van der Waals surface area contributed by atoms with E-state index in [2.05, 4.69) is 44.6 Å². The molecule has 6 heteroatoms. The van der Waals surface area contributed by atoms with Gasteiger partial charge in [0.15, 0.2) is 0 Å². The van der Waals surface area contributed by atoms with Crippen molar-refractivity contribution < 1.29 is 47.5 Å². The van der Waals surface area contributed by atoms with E-state index in [0.29, 0.717) is 0 Å². The second-order valence-corrected chi connectivity index (χ2v) is 5.60. The number of hydrogen-bond donors (Lipinski definition) is 0. The average molecular weight is 465 g/mol. The van der Waals surface area contributed by atoms with Crippen LogP contribution in [0.5, 0.6) is 0 Å². The van der Waals surface area contributed by atoms with Crippen LogP contribution in [0.15, 0.2) is 47.9 Å². The first-order chi connectivity index (χ1) is 9.84. The molecule has 0 N–H and O–H groups in total. The molecule has 0 aromatic heterocycles. The molecule has 114 valence electrons. The van der Waals surface area contributed by atoms with Gasteiger partial charge in [-0.05, 0) is 4.34 Å². The summed E-state index contributed by atoms with van der Waals surface area (Å²) in [4.78, 5) is 0. The Morgan fingerprint density at radius 3 is 2.64 bits per heavy atom. The van der Waals surface area contributed by atoms with Crippen molar-refractivity contribution in [2.45, 2.75) is 6.42 Å². The van der Waals surface area contributed by atoms with Crippen LogP contribution in [0.3, 0.4) is 0 Å². The number of halogens is 3. The topological polar surface area (TPSA) is 0 Å². The number of hydrogen-bond acceptors (Lipinski definition) is 2. The summed E-state index contributed by atoms with van der Waals surface area (Å²) in [5.74, 6) is 0. The summed E-state index contributed by atoms with van der Waals surface area (Å²) >= 11 is 8.56. The third kappa shape index (κ3) is 5.71. The van der Waals surface area contributed by atoms with Gasteiger partial charge in [-0.1, -0.05) is 11.8 Å². The summed E-state index contributed by atoms with van der Waals surface area (Å²) in [5, 5.41) is 2.07. The molecule has 0 saturated heterocycles. The van der Waals surface area contributed by atoms with Crippen molar-refractivity contribution in [3.05, 3.63) is 69.4 Å². The standard InChI is InChI=1S/C9H7.C7H4ClS.2ClH.S.Zr/c1-2-5-9-7-3-6-8(9)4-1;8-7-6-3-1-2-5(6)4-9-7;;;;/h1-4,7H,6H2;1-4H;2*1H;;/q2*-1;;;;+2/p-2. The molecule has 0 saturated carbocycles. The molecule has 0 unspecified atom stereocenters. The maximum absolute atomic E-state index is 5.83. The molecule has 0 spiro atoms. The third-order valence-electron chi connectivity index (χ3n) is 2.95. The van der Waals surface area contributed by atoms with E-state index in [1.165, 1.54) is 22.3 Å². The summed E-state index contributed by atoms with van der Waals surface area (Å²) in [6.07, 6.45) is 5.38. The predicted octanol–water partition coefficient (Wildman–Crippen LogP) is -0.0650. The molecule has 3 aliphatic rings. The molecule has 22 heavy (non-hydrogen) atoms. The van der Waals surface area contributed by atoms with Crippen molar-refractivity contribution in [1.29, 1.82) is 0 Å². The van der Waals surface area contributed by atoms with Gasteiger partial charge in [-0.15, -0.1) is 88.5 Å². The molecule has 0 bridgehead atoms. The van der Waals surface area contributed by atoms with Gasteiger partial charge >= 0.3 is 31.5 Å². The summed E-state index contributed by atoms with van der Waals surface area (Å²) in [7, 11) is 4.17. The van der Waals surface area contributed by atoms with E-state index in [1.807, 2.05) is 24.3 Å². The Balaban J connectivity index is 0.000000334. The van der Waals surface area contributed by atoms with Crippen LogP contribution in [0.2, 0.25) is 4.34 Å². The normalized spacial score (nSPS) is 10.3. The molecule has 1 aliphatic heterocycles. The van der Waals surface area contributed by atoms with Crippen LogP contribution in [0.1, 0.15) is 11.1 Å². The molecular weight excluding hydrogens is 454 g/mol. The van der Waals surface area contributed by atoms with Gasteiger partial charge in [-0.3, -0.25) is 0 Å². The minimum Gasteiger partial charge on any atom is -0.147 e. The first-order valence-electron chi connectivity index (χ1n) is 5.99. The van der Waals surface area contributed by atoms with Gasteiger partial charge in [0.25, 0.3) is 0 Å². The molecule has 0 amide bonds. The molecule has 1 aromatic rings. The zero-order chi connectivity index (χ0) is 14.4. The van der Waals surface area contributed by atoms with Crippen LogP contribution in [0.4, 0.5) is 0 Å². The fourth-order valence-corrected chi connectivity index (χ4v) is 3.07. The maximum Gasteiger partial charge on any atom is -0.0528 e. The zero-order valence-corrected chi connectivity index (χ0v) is 17.7. The van der Waals surface area contributed by atoms with E-state index in [0.717, 1.165) is 33.4 Å². The molecule has 1 heterocycles. The SMILES string of the molecule is Clc1s[cH-]c2cccc1-2.[Cl-].[Cl-].[S]=[Zr+2].[c-]1cccc2c1C=CC2. The summed E-state index contributed by atoms with van der Waals surface area (Å²) in [5.41, 5.74) is 5.10. The summed E-state index contributed by atoms with van der Waals surface area (Å²) in [6.45, 7) is 0. The van der Waals surface area contributed by atoms with Crippen LogP contribution in [-0.2, 0) is 29.1 Å². The Morgan fingerprint density at radius 2 is 1.95 bits per heavy atom. The fraction of sp³-hybridized carbons (Fsp3) is 0.0625. The van der Waals surface area contributed by atoms with Gasteiger partial charge < -0.3 is 24.8 Å². The van der Waals surface area contributed by atoms with Crippen molar-refractivity contribution in [2.24, 2.45) is 0 Å². The van der Waals surface area contributed by atoms with Crippen LogP contribution in [-0.4, -0.2) is 0 Å². The Bertz CT molecular complexity index is 676. The van der Waals surface area contributed by atoms with Gasteiger partial charge in [0.05, 0.1) is 0 Å². The van der Waals surface area contributed by atoms with E-state index in [9.17, 15) is 0 Å². The van der Waals surface area contributed by atoms with E-state index in [-0.39, 0.29) is 24.8 Å². The number of allylic oxidation sites excluding steroid dienone is 1. The minimum absolute atomic E-state index is 0. The average Bonchev–Trinajstić information content (AvgIpc) is 3.20. The first-order valence-corrected chi connectivity index (χ1v) is 10.7. The van der Waals surface area contributed by atoms with E-state index in [1.54, 1.807) is 11.3 Å². The largest absolute Gasteiger partial charge is 0.147 e. The van der Waals surface area contributed by atoms with Crippen LogP contribution in [0, 0.1) is 6.07 Å². The Morgan fingerprint density at radius 1 is 1.18 bits per heavy atom. The monoisotopic (exact) mass is 462 g/mol. The van der Waals surface area contributed by atoms with Crippen molar-refractivity contribution in [1.82, 2.24) is 0 Å². The third-order valence-corrected chi connectivity index (χ3v) is 4.22. The smallest absolute Gasteiger partial charge is 0.0528 e.